The van der Waals surface area contributed by atoms with Gasteiger partial charge in [-0.05, 0) is 43.7 Å². The molecule has 0 bridgehead atoms. The number of fused-ring (bicyclic) bond motifs is 1. The van der Waals surface area contributed by atoms with Gasteiger partial charge >= 0.3 is 0 Å². The van der Waals surface area contributed by atoms with Crippen LogP contribution in [0, 0.1) is 0 Å². The number of unbranched alkanes of at least 4 members (excludes halogenated alkanes) is 2. The molecule has 3 aromatic carbocycles. The number of benzene rings is 3. The first-order valence-corrected chi connectivity index (χ1v) is 16.7. The second-order valence-electron chi connectivity index (χ2n) is 10.7. The topological polar surface area (TPSA) is 107 Å². The molecule has 11 heteroatoms. The highest BCUT2D eigenvalue weighted by molar-refractivity contribution is 7.93. The summed E-state index contributed by atoms with van der Waals surface area (Å²) in [4.78, 5) is 21.7. The van der Waals surface area contributed by atoms with Crippen LogP contribution in [0.2, 0.25) is 0 Å². The molecule has 1 amide bonds. The van der Waals surface area contributed by atoms with Crippen molar-refractivity contribution in [2.45, 2.75) is 30.6 Å². The fourth-order valence-corrected chi connectivity index (χ4v) is 7.23. The third-order valence-electron chi connectivity index (χ3n) is 7.38. The highest BCUT2D eigenvalue weighted by Crippen LogP contribution is 2.32. The summed E-state index contributed by atoms with van der Waals surface area (Å²) in [5.41, 5.74) is 2.82. The Bertz CT molecular complexity index is 1630. The number of carbonyl (C=O) groups is 1. The van der Waals surface area contributed by atoms with Crippen molar-refractivity contribution in [3.05, 3.63) is 66.0 Å². The van der Waals surface area contributed by atoms with Crippen molar-refractivity contribution in [3.63, 3.8) is 0 Å². The molecular formula is C31H38N6O3S2. The Kier molecular flexibility index (Phi) is 9.73. The first-order valence-electron chi connectivity index (χ1n) is 14.3. The molecule has 0 saturated carbocycles. The van der Waals surface area contributed by atoms with E-state index in [1.54, 1.807) is 30.3 Å². The summed E-state index contributed by atoms with van der Waals surface area (Å²) < 4.78 is 29.7. The monoisotopic (exact) mass is 606 g/mol. The van der Waals surface area contributed by atoms with Crippen LogP contribution in [0.4, 0.5) is 16.5 Å². The number of rotatable bonds is 12. The number of nitrogens with one attached hydrogen (secondary N) is 3. The quantitative estimate of drug-likeness (QED) is 0.190. The highest BCUT2D eigenvalue weighted by atomic mass is 32.2. The normalized spacial score (nSPS) is 14.1. The Hall–Kier alpha value is -3.51. The molecule has 2 heterocycles. The van der Waals surface area contributed by atoms with Gasteiger partial charge in [0.2, 0.25) is 5.91 Å². The minimum Gasteiger partial charge on any atom is -0.377 e. The molecule has 0 radical (unpaired) electrons. The molecule has 1 aromatic heterocycles. The van der Waals surface area contributed by atoms with Crippen LogP contribution < -0.4 is 20.3 Å². The lowest BCUT2D eigenvalue weighted by atomic mass is 10.1. The summed E-state index contributed by atoms with van der Waals surface area (Å²) in [5.74, 6) is -0.0351. The first kappa shape index (κ1) is 30.0. The van der Waals surface area contributed by atoms with Crippen molar-refractivity contribution >= 4 is 54.5 Å². The van der Waals surface area contributed by atoms with Gasteiger partial charge in [-0.25, -0.2) is 13.4 Å². The first-order chi connectivity index (χ1) is 20.3. The molecule has 5 rings (SSSR count). The van der Waals surface area contributed by atoms with Gasteiger partial charge < -0.3 is 20.4 Å². The van der Waals surface area contributed by atoms with Crippen molar-refractivity contribution in [1.82, 2.24) is 15.2 Å². The predicted molar refractivity (Wildman–Crippen MR) is 173 cm³/mol. The second kappa shape index (κ2) is 13.6. The molecule has 0 aliphatic carbocycles. The van der Waals surface area contributed by atoms with E-state index in [0.717, 1.165) is 68.6 Å². The summed E-state index contributed by atoms with van der Waals surface area (Å²) in [6, 6.07) is 18.1. The number of piperazine rings is 1. The van der Waals surface area contributed by atoms with Crippen LogP contribution in [-0.4, -0.2) is 71.0 Å². The molecule has 4 aromatic rings. The van der Waals surface area contributed by atoms with Crippen LogP contribution in [0.3, 0.4) is 0 Å². The molecule has 0 unspecified atom stereocenters. The molecule has 3 N–H and O–H groups in total. The third kappa shape index (κ3) is 7.46. The van der Waals surface area contributed by atoms with Crippen LogP contribution in [0.1, 0.15) is 25.7 Å². The van der Waals surface area contributed by atoms with Gasteiger partial charge in [0, 0.05) is 79.8 Å². The number of carbonyl (C=O) groups excluding carboxylic acids is 1. The van der Waals surface area contributed by atoms with Crippen LogP contribution in [0.25, 0.3) is 22.0 Å². The van der Waals surface area contributed by atoms with E-state index in [1.807, 2.05) is 54.7 Å². The van der Waals surface area contributed by atoms with E-state index in [4.69, 9.17) is 0 Å². The van der Waals surface area contributed by atoms with E-state index in [9.17, 15) is 13.2 Å². The van der Waals surface area contributed by atoms with Gasteiger partial charge in [-0.1, -0.05) is 42.8 Å². The molecule has 1 aliphatic heterocycles. The smallest absolute Gasteiger partial charge is 0.262 e. The van der Waals surface area contributed by atoms with Gasteiger partial charge in [0.1, 0.15) is 0 Å². The van der Waals surface area contributed by atoms with E-state index >= 15 is 0 Å². The van der Waals surface area contributed by atoms with E-state index in [1.165, 1.54) is 11.3 Å². The number of anilines is 3. The Morgan fingerprint density at radius 3 is 2.57 bits per heavy atom. The van der Waals surface area contributed by atoms with Crippen LogP contribution >= 0.6 is 11.3 Å². The van der Waals surface area contributed by atoms with Crippen molar-refractivity contribution in [2.75, 3.05) is 61.8 Å². The Morgan fingerprint density at radius 2 is 1.76 bits per heavy atom. The Balaban J connectivity index is 1.19. The number of aromatic nitrogens is 1. The van der Waals surface area contributed by atoms with Gasteiger partial charge in [-0.2, -0.15) is 0 Å². The number of amides is 1. The lowest BCUT2D eigenvalue weighted by Crippen LogP contribution is -2.43. The summed E-state index contributed by atoms with van der Waals surface area (Å²) in [7, 11) is 0.0114. The lowest BCUT2D eigenvalue weighted by molar-refractivity contribution is -0.116. The largest absolute Gasteiger partial charge is 0.377 e. The van der Waals surface area contributed by atoms with Gasteiger partial charge in [0.25, 0.3) is 10.0 Å². The lowest BCUT2D eigenvalue weighted by Gasteiger charge is -2.26. The summed E-state index contributed by atoms with van der Waals surface area (Å²) in [5, 5.41) is 10.2. The molecule has 9 nitrogen and oxygen atoms in total. The number of thiazole rings is 1. The average molecular weight is 607 g/mol. The second-order valence-corrected chi connectivity index (χ2v) is 13.2. The van der Waals surface area contributed by atoms with Crippen molar-refractivity contribution < 1.29 is 13.2 Å². The van der Waals surface area contributed by atoms with Gasteiger partial charge in [-0.15, -0.1) is 11.3 Å². The van der Waals surface area contributed by atoms with Crippen molar-refractivity contribution in [2.24, 2.45) is 0 Å². The summed E-state index contributed by atoms with van der Waals surface area (Å²) in [6.07, 6.45) is 3.45. The number of hydrogen-bond donors (Lipinski definition) is 3. The zero-order valence-corrected chi connectivity index (χ0v) is 25.7. The van der Waals surface area contributed by atoms with Crippen molar-refractivity contribution in [3.8, 4) is 11.3 Å². The maximum atomic E-state index is 13.5. The van der Waals surface area contributed by atoms with E-state index in [2.05, 4.69) is 25.2 Å². The van der Waals surface area contributed by atoms with Crippen LogP contribution in [0.5, 0.6) is 0 Å². The SMILES string of the molecule is CN(C)c1cccc2c(S(=O)(=O)Nc3cccc(-c4csc(NC(=O)CCCCCN5CCNCC5)n4)c3)cccc12. The number of sulfonamides is 1. The summed E-state index contributed by atoms with van der Waals surface area (Å²) >= 11 is 1.36. The number of nitrogens with zero attached hydrogens (tertiary/aromatic N) is 3. The Labute approximate surface area is 252 Å². The van der Waals surface area contributed by atoms with Crippen LogP contribution in [0.15, 0.2) is 70.9 Å². The molecule has 1 saturated heterocycles. The molecule has 1 fully saturated rings. The minimum atomic E-state index is -3.86. The van der Waals surface area contributed by atoms with E-state index in [0.29, 0.717) is 28.3 Å². The van der Waals surface area contributed by atoms with Gasteiger partial charge in [0.15, 0.2) is 5.13 Å². The fourth-order valence-electron chi connectivity index (χ4n) is 5.22. The molecule has 222 valence electrons. The molecule has 42 heavy (non-hydrogen) atoms. The van der Waals surface area contributed by atoms with E-state index < -0.39 is 10.0 Å². The standard InChI is InChI=1S/C31H38N6O3S2/c1-36(2)28-13-7-12-26-25(28)11-8-14-29(26)42(39,40)35-24-10-6-9-23(21-24)27-22-41-31(33-27)34-30(38)15-4-3-5-18-37-19-16-32-17-20-37/h6-14,21-22,32,35H,3-5,15-20H2,1-2H3,(H,33,34,38). The molecule has 1 aliphatic rings. The zero-order valence-electron chi connectivity index (χ0n) is 24.1. The number of hydrogen-bond acceptors (Lipinski definition) is 8. The van der Waals surface area contributed by atoms with Crippen molar-refractivity contribution in [1.29, 1.82) is 0 Å². The average Bonchev–Trinajstić information content (AvgIpc) is 3.45. The van der Waals surface area contributed by atoms with Crippen LogP contribution in [-0.2, 0) is 14.8 Å². The molecule has 0 atom stereocenters. The maximum absolute atomic E-state index is 13.5. The van der Waals surface area contributed by atoms with Gasteiger partial charge in [-0.3, -0.25) is 9.52 Å². The molecular weight excluding hydrogens is 569 g/mol. The van der Waals surface area contributed by atoms with E-state index in [-0.39, 0.29) is 10.8 Å². The predicted octanol–water partition coefficient (Wildman–Crippen LogP) is 5.23. The highest BCUT2D eigenvalue weighted by Gasteiger charge is 2.19. The maximum Gasteiger partial charge on any atom is 0.262 e. The zero-order chi connectivity index (χ0) is 29.5. The molecule has 0 spiro atoms. The van der Waals surface area contributed by atoms with Gasteiger partial charge in [0.05, 0.1) is 10.6 Å². The fraction of sp³-hybridized carbons (Fsp3) is 0.355. The Morgan fingerprint density at radius 1 is 1.00 bits per heavy atom. The minimum absolute atomic E-state index is 0.0351. The third-order valence-corrected chi connectivity index (χ3v) is 9.58. The summed E-state index contributed by atoms with van der Waals surface area (Å²) in [6.45, 7) is 5.41.